The molecule has 2 aliphatic rings. The van der Waals surface area contributed by atoms with E-state index in [1.807, 2.05) is 25.7 Å². The SMILES string of the molecule is CC(C)(C)OC(=O)N1CCC2(CC1)CCN(c1ccc([N+](=O)[O-])cc1F)C2. The molecule has 1 amide bonds. The van der Waals surface area contributed by atoms with Crippen molar-refractivity contribution in [3.05, 3.63) is 34.1 Å². The van der Waals surface area contributed by atoms with Crippen LogP contribution < -0.4 is 4.90 Å². The van der Waals surface area contributed by atoms with Crippen LogP contribution in [-0.4, -0.2) is 47.7 Å². The van der Waals surface area contributed by atoms with Gasteiger partial charge in [0.25, 0.3) is 5.69 Å². The lowest BCUT2D eigenvalue weighted by atomic mass is 9.78. The first kappa shape index (κ1) is 19.4. The Hall–Kier alpha value is -2.38. The molecule has 8 heteroatoms. The predicted molar refractivity (Wildman–Crippen MR) is 99.4 cm³/mol. The highest BCUT2D eigenvalue weighted by atomic mass is 19.1. The fraction of sp³-hybridized carbons (Fsp3) is 0.632. The number of nitro benzene ring substituents is 1. The number of anilines is 1. The van der Waals surface area contributed by atoms with Crippen molar-refractivity contribution < 1.29 is 18.8 Å². The van der Waals surface area contributed by atoms with Gasteiger partial charge in [-0.3, -0.25) is 10.1 Å². The summed E-state index contributed by atoms with van der Waals surface area (Å²) in [5, 5.41) is 10.8. The average Bonchev–Trinajstić information content (AvgIpc) is 2.97. The van der Waals surface area contributed by atoms with Crippen molar-refractivity contribution in [2.24, 2.45) is 5.41 Å². The quantitative estimate of drug-likeness (QED) is 0.574. The van der Waals surface area contributed by atoms with E-state index < -0.39 is 16.3 Å². The molecular formula is C19H26FN3O4. The van der Waals surface area contributed by atoms with Crippen LogP contribution in [-0.2, 0) is 4.74 Å². The zero-order chi connectivity index (χ0) is 19.8. The third kappa shape index (κ3) is 4.31. The molecule has 0 saturated carbocycles. The van der Waals surface area contributed by atoms with Crippen LogP contribution in [0.15, 0.2) is 18.2 Å². The summed E-state index contributed by atoms with van der Waals surface area (Å²) in [6.07, 6.45) is 2.33. The van der Waals surface area contributed by atoms with Gasteiger partial charge in [0.15, 0.2) is 5.82 Å². The van der Waals surface area contributed by atoms with Crippen LogP contribution in [0.25, 0.3) is 0 Å². The minimum absolute atomic E-state index is 0.0483. The third-order valence-corrected chi connectivity index (χ3v) is 5.40. The van der Waals surface area contributed by atoms with Gasteiger partial charge in [-0.1, -0.05) is 0 Å². The van der Waals surface area contributed by atoms with Crippen LogP contribution in [0.5, 0.6) is 0 Å². The van der Waals surface area contributed by atoms with E-state index in [-0.39, 0.29) is 17.2 Å². The monoisotopic (exact) mass is 379 g/mol. The van der Waals surface area contributed by atoms with Crippen molar-refractivity contribution in [3.63, 3.8) is 0 Å². The predicted octanol–water partition coefficient (Wildman–Crippen LogP) is 3.96. The zero-order valence-electron chi connectivity index (χ0n) is 16.0. The summed E-state index contributed by atoms with van der Waals surface area (Å²) in [5.74, 6) is -0.563. The number of piperidine rings is 1. The van der Waals surface area contributed by atoms with Crippen LogP contribution in [0.2, 0.25) is 0 Å². The first-order chi connectivity index (χ1) is 12.6. The number of carbonyl (C=O) groups excluding carboxylic acids is 1. The van der Waals surface area contributed by atoms with Crippen LogP contribution >= 0.6 is 0 Å². The molecule has 1 spiro atoms. The number of nitro groups is 1. The van der Waals surface area contributed by atoms with Crippen molar-refractivity contribution in [1.29, 1.82) is 0 Å². The van der Waals surface area contributed by atoms with E-state index in [9.17, 15) is 19.3 Å². The number of nitrogens with zero attached hydrogens (tertiary/aromatic N) is 3. The fourth-order valence-electron chi connectivity index (χ4n) is 3.90. The molecule has 0 unspecified atom stereocenters. The number of non-ortho nitro benzene ring substituents is 1. The standard InChI is InChI=1S/C19H26FN3O4/c1-18(2,3)27-17(24)21-9-6-19(7-10-21)8-11-22(13-19)16-5-4-14(23(25)26)12-15(16)20/h4-5,12H,6-11,13H2,1-3H3. The molecule has 0 aliphatic carbocycles. The van der Waals surface area contributed by atoms with Gasteiger partial charge in [-0.05, 0) is 51.5 Å². The number of rotatable bonds is 2. The zero-order valence-corrected chi connectivity index (χ0v) is 16.0. The van der Waals surface area contributed by atoms with Gasteiger partial charge in [0.1, 0.15) is 5.60 Å². The summed E-state index contributed by atoms with van der Waals surface area (Å²) in [6.45, 7) is 8.22. The Morgan fingerprint density at radius 2 is 1.85 bits per heavy atom. The van der Waals surface area contributed by atoms with Gasteiger partial charge in [-0.15, -0.1) is 0 Å². The topological polar surface area (TPSA) is 75.9 Å². The Kier molecular flexibility index (Phi) is 5.01. The van der Waals surface area contributed by atoms with Gasteiger partial charge in [0, 0.05) is 32.2 Å². The molecule has 2 aliphatic heterocycles. The van der Waals surface area contributed by atoms with Crippen molar-refractivity contribution >= 4 is 17.5 Å². The molecule has 0 N–H and O–H groups in total. The van der Waals surface area contributed by atoms with Gasteiger partial charge >= 0.3 is 6.09 Å². The second-order valence-corrected chi connectivity index (χ2v) is 8.53. The van der Waals surface area contributed by atoms with E-state index in [1.54, 1.807) is 4.90 Å². The van der Waals surface area contributed by atoms with Crippen LogP contribution in [0, 0.1) is 21.3 Å². The van der Waals surface area contributed by atoms with Gasteiger partial charge in [-0.25, -0.2) is 9.18 Å². The highest BCUT2D eigenvalue weighted by Crippen LogP contribution is 2.42. The van der Waals surface area contributed by atoms with E-state index in [4.69, 9.17) is 4.74 Å². The number of hydrogen-bond donors (Lipinski definition) is 0. The molecule has 0 atom stereocenters. The number of ether oxygens (including phenoxy) is 1. The number of carbonyl (C=O) groups is 1. The van der Waals surface area contributed by atoms with E-state index in [0.29, 0.717) is 31.9 Å². The maximum Gasteiger partial charge on any atom is 0.410 e. The van der Waals surface area contributed by atoms with E-state index >= 15 is 0 Å². The number of amides is 1. The maximum absolute atomic E-state index is 14.3. The maximum atomic E-state index is 14.3. The Morgan fingerprint density at radius 3 is 2.41 bits per heavy atom. The summed E-state index contributed by atoms with van der Waals surface area (Å²) in [6, 6.07) is 3.81. The van der Waals surface area contributed by atoms with E-state index in [0.717, 1.165) is 25.3 Å². The molecule has 1 aromatic rings. The van der Waals surface area contributed by atoms with Crippen molar-refractivity contribution in [1.82, 2.24) is 4.90 Å². The number of hydrogen-bond acceptors (Lipinski definition) is 5. The highest BCUT2D eigenvalue weighted by molar-refractivity contribution is 5.68. The smallest absolute Gasteiger partial charge is 0.410 e. The largest absolute Gasteiger partial charge is 0.444 e. The van der Waals surface area contributed by atoms with Crippen molar-refractivity contribution in [2.45, 2.75) is 45.6 Å². The minimum atomic E-state index is -0.593. The second-order valence-electron chi connectivity index (χ2n) is 8.53. The fourth-order valence-corrected chi connectivity index (χ4v) is 3.90. The summed E-state index contributed by atoms with van der Waals surface area (Å²) in [4.78, 5) is 26.1. The normalized spacial score (nSPS) is 19.4. The Labute approximate surface area is 158 Å². The highest BCUT2D eigenvalue weighted by Gasteiger charge is 2.42. The minimum Gasteiger partial charge on any atom is -0.444 e. The molecule has 3 rings (SSSR count). The molecule has 1 aromatic carbocycles. The molecule has 7 nitrogen and oxygen atoms in total. The van der Waals surface area contributed by atoms with E-state index in [1.165, 1.54) is 12.1 Å². The van der Waals surface area contributed by atoms with Gasteiger partial charge < -0.3 is 14.5 Å². The first-order valence-corrected chi connectivity index (χ1v) is 9.25. The molecule has 27 heavy (non-hydrogen) atoms. The summed E-state index contributed by atoms with van der Waals surface area (Å²) < 4.78 is 19.8. The van der Waals surface area contributed by atoms with Crippen molar-refractivity contribution in [3.8, 4) is 0 Å². The number of benzene rings is 1. The molecule has 2 saturated heterocycles. The number of halogens is 1. The Bertz CT molecular complexity index is 739. The van der Waals surface area contributed by atoms with Gasteiger partial charge in [0.2, 0.25) is 0 Å². The van der Waals surface area contributed by atoms with E-state index in [2.05, 4.69) is 0 Å². The summed E-state index contributed by atoms with van der Waals surface area (Å²) in [7, 11) is 0. The molecule has 0 aromatic heterocycles. The van der Waals surface area contributed by atoms with Gasteiger partial charge in [-0.2, -0.15) is 0 Å². The molecule has 0 radical (unpaired) electrons. The lowest BCUT2D eigenvalue weighted by Gasteiger charge is -2.39. The summed E-state index contributed by atoms with van der Waals surface area (Å²) in [5.41, 5.74) is -0.292. The van der Waals surface area contributed by atoms with Crippen LogP contribution in [0.3, 0.4) is 0 Å². The lowest BCUT2D eigenvalue weighted by Crippen LogP contribution is -2.46. The Morgan fingerprint density at radius 1 is 1.22 bits per heavy atom. The van der Waals surface area contributed by atoms with Crippen LogP contribution in [0.1, 0.15) is 40.0 Å². The molecule has 2 heterocycles. The first-order valence-electron chi connectivity index (χ1n) is 9.25. The summed E-state index contributed by atoms with van der Waals surface area (Å²) >= 11 is 0. The molecular weight excluding hydrogens is 353 g/mol. The molecule has 148 valence electrons. The average molecular weight is 379 g/mol. The Balaban J connectivity index is 1.62. The van der Waals surface area contributed by atoms with Crippen molar-refractivity contribution in [2.75, 3.05) is 31.1 Å². The second kappa shape index (κ2) is 6.98. The van der Waals surface area contributed by atoms with Crippen LogP contribution in [0.4, 0.5) is 20.6 Å². The lowest BCUT2D eigenvalue weighted by molar-refractivity contribution is -0.385. The van der Waals surface area contributed by atoms with Gasteiger partial charge in [0.05, 0.1) is 16.7 Å². The number of likely N-dealkylation sites (tertiary alicyclic amines) is 1. The molecule has 2 fully saturated rings. The molecule has 0 bridgehead atoms. The third-order valence-electron chi connectivity index (χ3n) is 5.40.